The van der Waals surface area contributed by atoms with E-state index in [9.17, 15) is 4.79 Å². The van der Waals surface area contributed by atoms with Crippen molar-refractivity contribution in [3.8, 4) is 11.5 Å². The Morgan fingerprint density at radius 3 is 2.68 bits per heavy atom. The number of rotatable bonds is 3. The highest BCUT2D eigenvalue weighted by Crippen LogP contribution is 2.31. The molecule has 2 aromatic rings. The highest BCUT2D eigenvalue weighted by Gasteiger charge is 2.15. The number of anilines is 1. The van der Waals surface area contributed by atoms with Crippen molar-refractivity contribution in [2.24, 2.45) is 0 Å². The number of carbonyl (C=O) groups is 1. The smallest absolute Gasteiger partial charge is 0.255 e. The fourth-order valence-corrected chi connectivity index (χ4v) is 2.76. The normalized spacial score (nSPS) is 12.8. The van der Waals surface area contributed by atoms with Crippen LogP contribution in [0.4, 0.5) is 5.69 Å². The molecule has 22 heavy (non-hydrogen) atoms. The van der Waals surface area contributed by atoms with Crippen LogP contribution in [0.1, 0.15) is 22.8 Å². The van der Waals surface area contributed by atoms with E-state index in [-0.39, 0.29) is 5.91 Å². The summed E-state index contributed by atoms with van der Waals surface area (Å²) in [6.07, 6.45) is 0.843. The van der Waals surface area contributed by atoms with Crippen molar-refractivity contribution in [1.29, 1.82) is 0 Å². The van der Waals surface area contributed by atoms with Gasteiger partial charge in [0.2, 0.25) is 0 Å². The average molecular weight is 362 g/mol. The highest BCUT2D eigenvalue weighted by atomic mass is 79.9. The van der Waals surface area contributed by atoms with Gasteiger partial charge in [0.05, 0.1) is 0 Å². The summed E-state index contributed by atoms with van der Waals surface area (Å²) in [7, 11) is 0. The zero-order valence-corrected chi connectivity index (χ0v) is 13.8. The maximum Gasteiger partial charge on any atom is 0.255 e. The molecule has 1 aliphatic rings. The lowest BCUT2D eigenvalue weighted by atomic mass is 10.1. The van der Waals surface area contributed by atoms with Crippen LogP contribution in [0.15, 0.2) is 40.9 Å². The van der Waals surface area contributed by atoms with Gasteiger partial charge in [-0.3, -0.25) is 4.79 Å². The number of ether oxygens (including phenoxy) is 2. The van der Waals surface area contributed by atoms with Crippen LogP contribution < -0.4 is 14.8 Å². The first-order valence-corrected chi connectivity index (χ1v) is 7.96. The lowest BCUT2D eigenvalue weighted by molar-refractivity contribution is 0.102. The third kappa shape index (κ3) is 3.09. The highest BCUT2D eigenvalue weighted by molar-refractivity contribution is 9.10. The molecule has 1 amide bonds. The summed E-state index contributed by atoms with van der Waals surface area (Å²) in [4.78, 5) is 12.4. The number of nitrogens with one attached hydrogen (secondary N) is 1. The summed E-state index contributed by atoms with van der Waals surface area (Å²) in [5, 5.41) is 2.96. The van der Waals surface area contributed by atoms with E-state index in [0.29, 0.717) is 30.3 Å². The van der Waals surface area contributed by atoms with Crippen molar-refractivity contribution >= 4 is 27.5 Å². The Kier molecular flexibility index (Phi) is 4.34. The summed E-state index contributed by atoms with van der Waals surface area (Å²) < 4.78 is 12.0. The molecule has 0 spiro atoms. The molecular formula is C17H16BrNO3. The molecule has 0 bridgehead atoms. The number of benzene rings is 2. The number of fused-ring (bicyclic) bond motifs is 1. The van der Waals surface area contributed by atoms with E-state index < -0.39 is 0 Å². The molecule has 114 valence electrons. The number of hydrogen-bond donors (Lipinski definition) is 1. The summed E-state index contributed by atoms with van der Waals surface area (Å²) in [5.41, 5.74) is 2.46. The molecule has 3 rings (SSSR count). The van der Waals surface area contributed by atoms with E-state index >= 15 is 0 Å². The maximum absolute atomic E-state index is 12.4. The standard InChI is InChI=1S/C17H16BrNO3/c1-2-11-9-13(18)4-5-14(11)19-17(20)12-3-6-15-16(10-12)22-8-7-21-15/h3-6,9-10H,2,7-8H2,1H3,(H,19,20). The predicted molar refractivity (Wildman–Crippen MR) is 88.9 cm³/mol. The molecule has 0 saturated carbocycles. The summed E-state index contributed by atoms with van der Waals surface area (Å²) >= 11 is 3.45. The molecule has 0 aromatic heterocycles. The van der Waals surface area contributed by atoms with Gasteiger partial charge in [-0.2, -0.15) is 0 Å². The Bertz CT molecular complexity index is 715. The predicted octanol–water partition coefficient (Wildman–Crippen LogP) is 4.04. The van der Waals surface area contributed by atoms with Crippen molar-refractivity contribution < 1.29 is 14.3 Å². The second kappa shape index (κ2) is 6.40. The van der Waals surface area contributed by atoms with E-state index in [1.807, 2.05) is 18.2 Å². The van der Waals surface area contributed by atoms with Crippen LogP contribution in [0.2, 0.25) is 0 Å². The van der Waals surface area contributed by atoms with Crippen molar-refractivity contribution in [2.75, 3.05) is 18.5 Å². The van der Waals surface area contributed by atoms with E-state index in [4.69, 9.17) is 9.47 Å². The summed E-state index contributed by atoms with van der Waals surface area (Å²) in [6, 6.07) is 11.1. The quantitative estimate of drug-likeness (QED) is 0.897. The van der Waals surface area contributed by atoms with E-state index in [1.165, 1.54) is 0 Å². The second-order valence-electron chi connectivity index (χ2n) is 4.97. The van der Waals surface area contributed by atoms with Gasteiger partial charge in [-0.15, -0.1) is 0 Å². The van der Waals surface area contributed by atoms with Gasteiger partial charge in [0.1, 0.15) is 13.2 Å². The molecule has 1 aliphatic heterocycles. The topological polar surface area (TPSA) is 47.6 Å². The fraction of sp³-hybridized carbons (Fsp3) is 0.235. The molecular weight excluding hydrogens is 346 g/mol. The molecule has 0 aliphatic carbocycles. The average Bonchev–Trinajstić information content (AvgIpc) is 2.55. The molecule has 0 fully saturated rings. The lowest BCUT2D eigenvalue weighted by Crippen LogP contribution is -2.17. The van der Waals surface area contributed by atoms with Gasteiger partial charge in [-0.1, -0.05) is 22.9 Å². The molecule has 5 heteroatoms. The van der Waals surface area contributed by atoms with Crippen molar-refractivity contribution in [2.45, 2.75) is 13.3 Å². The molecule has 0 atom stereocenters. The van der Waals surface area contributed by atoms with Gasteiger partial charge < -0.3 is 14.8 Å². The molecule has 4 nitrogen and oxygen atoms in total. The van der Waals surface area contributed by atoms with Crippen LogP contribution in [0, 0.1) is 0 Å². The number of carbonyl (C=O) groups excluding carboxylic acids is 1. The first-order chi connectivity index (χ1) is 10.7. The third-order valence-electron chi connectivity index (χ3n) is 3.50. The molecule has 1 N–H and O–H groups in total. The Labute approximate surface area is 137 Å². The minimum atomic E-state index is -0.158. The summed E-state index contributed by atoms with van der Waals surface area (Å²) in [5.74, 6) is 1.14. The van der Waals surface area contributed by atoms with Gasteiger partial charge in [-0.05, 0) is 48.4 Å². The third-order valence-corrected chi connectivity index (χ3v) is 3.99. The minimum absolute atomic E-state index is 0.158. The van der Waals surface area contributed by atoms with Crippen LogP contribution in [0.3, 0.4) is 0 Å². The van der Waals surface area contributed by atoms with Crippen LogP contribution >= 0.6 is 15.9 Å². The van der Waals surface area contributed by atoms with Crippen molar-refractivity contribution in [3.05, 3.63) is 52.0 Å². The molecule has 2 aromatic carbocycles. The van der Waals surface area contributed by atoms with Gasteiger partial charge in [0.25, 0.3) is 5.91 Å². The van der Waals surface area contributed by atoms with E-state index in [0.717, 1.165) is 22.1 Å². The number of hydrogen-bond acceptors (Lipinski definition) is 3. The molecule has 0 saturated heterocycles. The van der Waals surface area contributed by atoms with Crippen LogP contribution in [0.25, 0.3) is 0 Å². The zero-order valence-electron chi connectivity index (χ0n) is 12.2. The zero-order chi connectivity index (χ0) is 15.5. The largest absolute Gasteiger partial charge is 0.486 e. The Morgan fingerprint density at radius 1 is 1.14 bits per heavy atom. The van der Waals surface area contributed by atoms with Crippen molar-refractivity contribution in [3.63, 3.8) is 0 Å². The van der Waals surface area contributed by atoms with Gasteiger partial charge in [0.15, 0.2) is 11.5 Å². The van der Waals surface area contributed by atoms with Crippen molar-refractivity contribution in [1.82, 2.24) is 0 Å². The maximum atomic E-state index is 12.4. The lowest BCUT2D eigenvalue weighted by Gasteiger charge is -2.19. The Hall–Kier alpha value is -2.01. The Morgan fingerprint density at radius 2 is 1.91 bits per heavy atom. The van der Waals surface area contributed by atoms with E-state index in [2.05, 4.69) is 28.2 Å². The SMILES string of the molecule is CCc1cc(Br)ccc1NC(=O)c1ccc2c(c1)OCCO2. The van der Waals surface area contributed by atoms with Crippen LogP contribution in [-0.4, -0.2) is 19.1 Å². The Balaban J connectivity index is 1.83. The summed E-state index contributed by atoms with van der Waals surface area (Å²) in [6.45, 7) is 3.10. The van der Waals surface area contributed by atoms with E-state index in [1.54, 1.807) is 18.2 Å². The first-order valence-electron chi connectivity index (χ1n) is 7.17. The number of halogens is 1. The number of aryl methyl sites for hydroxylation is 1. The fourth-order valence-electron chi connectivity index (χ4n) is 2.36. The van der Waals surface area contributed by atoms with Gasteiger partial charge >= 0.3 is 0 Å². The molecule has 0 unspecified atom stereocenters. The monoisotopic (exact) mass is 361 g/mol. The molecule has 1 heterocycles. The first kappa shape index (κ1) is 14.9. The van der Waals surface area contributed by atoms with Crippen LogP contribution in [-0.2, 0) is 6.42 Å². The molecule has 0 radical (unpaired) electrons. The van der Waals surface area contributed by atoms with Gasteiger partial charge in [0, 0.05) is 15.7 Å². The number of amides is 1. The van der Waals surface area contributed by atoms with Crippen LogP contribution in [0.5, 0.6) is 11.5 Å². The second-order valence-corrected chi connectivity index (χ2v) is 5.88. The minimum Gasteiger partial charge on any atom is -0.486 e. The van der Waals surface area contributed by atoms with Gasteiger partial charge in [-0.25, -0.2) is 0 Å².